The van der Waals surface area contributed by atoms with Crippen LogP contribution in [-0.2, 0) is 17.8 Å². The van der Waals surface area contributed by atoms with Crippen molar-refractivity contribution < 1.29 is 9.53 Å². The highest BCUT2D eigenvalue weighted by Crippen LogP contribution is 2.27. The number of rotatable bonds is 4. The van der Waals surface area contributed by atoms with Crippen LogP contribution in [0, 0.1) is 0 Å². The maximum absolute atomic E-state index is 11.3. The van der Waals surface area contributed by atoms with Gasteiger partial charge in [0.15, 0.2) is 0 Å². The van der Waals surface area contributed by atoms with E-state index in [9.17, 15) is 4.79 Å². The van der Waals surface area contributed by atoms with Gasteiger partial charge in [-0.25, -0.2) is 10.8 Å². The van der Waals surface area contributed by atoms with Crippen LogP contribution < -0.4 is 21.3 Å². The fourth-order valence-electron chi connectivity index (χ4n) is 2.26. The smallest absolute Gasteiger partial charge is 0.224 e. The molecule has 1 aliphatic rings. The zero-order chi connectivity index (χ0) is 14.7. The predicted octanol–water partition coefficient (Wildman–Crippen LogP) is 1.83. The van der Waals surface area contributed by atoms with Crippen LogP contribution in [-0.4, -0.2) is 10.9 Å². The summed E-state index contributed by atoms with van der Waals surface area (Å²) in [5.74, 6) is 6.77. The van der Waals surface area contributed by atoms with Crippen LogP contribution in [0.3, 0.4) is 0 Å². The number of hydrogen-bond acceptors (Lipinski definition) is 5. The van der Waals surface area contributed by atoms with Gasteiger partial charge in [-0.1, -0.05) is 0 Å². The van der Waals surface area contributed by atoms with Gasteiger partial charge < -0.3 is 15.5 Å². The number of carbonyl (C=O) groups excluding carboxylic acids is 1. The Morgan fingerprint density at radius 3 is 3.05 bits per heavy atom. The number of amides is 1. The van der Waals surface area contributed by atoms with E-state index in [1.807, 2.05) is 30.3 Å². The number of aromatic nitrogens is 1. The molecule has 1 aliphatic heterocycles. The maximum Gasteiger partial charge on any atom is 0.224 e. The van der Waals surface area contributed by atoms with Crippen LogP contribution in [0.2, 0.25) is 0 Å². The van der Waals surface area contributed by atoms with Crippen molar-refractivity contribution in [2.45, 2.75) is 19.4 Å². The first-order valence-electron chi connectivity index (χ1n) is 6.72. The van der Waals surface area contributed by atoms with Gasteiger partial charge in [0.05, 0.1) is 0 Å². The summed E-state index contributed by atoms with van der Waals surface area (Å²) in [6.07, 6.45) is 2.94. The fraction of sp³-hybridized carbons (Fsp3) is 0.200. The van der Waals surface area contributed by atoms with Crippen molar-refractivity contribution in [2.24, 2.45) is 5.84 Å². The Morgan fingerprint density at radius 2 is 2.19 bits per heavy atom. The van der Waals surface area contributed by atoms with E-state index in [-0.39, 0.29) is 5.91 Å². The first-order chi connectivity index (χ1) is 10.2. The zero-order valence-electron chi connectivity index (χ0n) is 11.4. The van der Waals surface area contributed by atoms with E-state index in [0.717, 1.165) is 29.0 Å². The van der Waals surface area contributed by atoms with E-state index >= 15 is 0 Å². The summed E-state index contributed by atoms with van der Waals surface area (Å²) in [7, 11) is 0. The molecule has 0 radical (unpaired) electrons. The SMILES string of the molecule is NNc1cc(COc2ccc3c(c2)CCC(=O)N3)ccn1. The number of nitrogens with one attached hydrogen (secondary N) is 2. The minimum Gasteiger partial charge on any atom is -0.489 e. The van der Waals surface area contributed by atoms with Gasteiger partial charge in [-0.2, -0.15) is 0 Å². The monoisotopic (exact) mass is 284 g/mol. The molecule has 0 bridgehead atoms. The minimum atomic E-state index is 0.0646. The van der Waals surface area contributed by atoms with Gasteiger partial charge in [0.25, 0.3) is 0 Å². The number of carbonyl (C=O) groups is 1. The lowest BCUT2D eigenvalue weighted by Gasteiger charge is -2.17. The van der Waals surface area contributed by atoms with Crippen LogP contribution in [0.1, 0.15) is 17.5 Å². The number of ether oxygens (including phenoxy) is 1. The molecule has 6 nitrogen and oxygen atoms in total. The summed E-state index contributed by atoms with van der Waals surface area (Å²) < 4.78 is 5.78. The number of nitrogens with two attached hydrogens (primary N) is 1. The summed E-state index contributed by atoms with van der Waals surface area (Å²) in [6.45, 7) is 0.433. The molecule has 1 amide bonds. The second kappa shape index (κ2) is 5.80. The van der Waals surface area contributed by atoms with Gasteiger partial charge in [0, 0.05) is 18.3 Å². The summed E-state index contributed by atoms with van der Waals surface area (Å²) in [5, 5.41) is 2.85. The standard InChI is InChI=1S/C15H16N4O2/c16-19-14-7-10(5-6-17-14)9-21-12-2-3-13-11(8-12)1-4-15(20)18-13/h2-3,5-8H,1,4,9,16H2,(H,17,19)(H,18,20). The van der Waals surface area contributed by atoms with Gasteiger partial charge in [-0.3, -0.25) is 4.79 Å². The van der Waals surface area contributed by atoms with Crippen LogP contribution in [0.4, 0.5) is 11.5 Å². The quantitative estimate of drug-likeness (QED) is 0.589. The van der Waals surface area contributed by atoms with Crippen LogP contribution in [0.15, 0.2) is 36.5 Å². The molecule has 0 unspecified atom stereocenters. The van der Waals surface area contributed by atoms with Crippen LogP contribution in [0.5, 0.6) is 5.75 Å². The van der Waals surface area contributed by atoms with E-state index in [1.165, 1.54) is 0 Å². The Balaban J connectivity index is 1.69. The highest BCUT2D eigenvalue weighted by atomic mass is 16.5. The number of hydrogen-bond donors (Lipinski definition) is 3. The highest BCUT2D eigenvalue weighted by Gasteiger charge is 2.14. The lowest BCUT2D eigenvalue weighted by molar-refractivity contribution is -0.116. The number of anilines is 2. The number of nitrogen functional groups attached to an aromatic ring is 1. The van der Waals surface area contributed by atoms with Crippen molar-refractivity contribution in [1.82, 2.24) is 4.98 Å². The molecule has 4 N–H and O–H groups in total. The predicted molar refractivity (Wildman–Crippen MR) is 79.8 cm³/mol. The van der Waals surface area contributed by atoms with Crippen molar-refractivity contribution in [3.63, 3.8) is 0 Å². The molecule has 21 heavy (non-hydrogen) atoms. The molecule has 1 aromatic heterocycles. The first-order valence-corrected chi connectivity index (χ1v) is 6.72. The molecule has 2 aromatic rings. The van der Waals surface area contributed by atoms with E-state index in [4.69, 9.17) is 10.6 Å². The molecule has 2 heterocycles. The van der Waals surface area contributed by atoms with Gasteiger partial charge in [0.2, 0.25) is 5.91 Å². The number of fused-ring (bicyclic) bond motifs is 1. The molecule has 0 saturated heterocycles. The number of benzene rings is 1. The van der Waals surface area contributed by atoms with E-state index in [0.29, 0.717) is 18.8 Å². The van der Waals surface area contributed by atoms with E-state index < -0.39 is 0 Å². The molecular weight excluding hydrogens is 268 g/mol. The lowest BCUT2D eigenvalue weighted by Crippen LogP contribution is -2.18. The molecule has 108 valence electrons. The third kappa shape index (κ3) is 3.11. The normalized spacial score (nSPS) is 13.3. The largest absolute Gasteiger partial charge is 0.489 e. The van der Waals surface area contributed by atoms with Crippen molar-refractivity contribution in [1.29, 1.82) is 0 Å². The Kier molecular flexibility index (Phi) is 3.70. The van der Waals surface area contributed by atoms with Crippen molar-refractivity contribution >= 4 is 17.4 Å². The fourth-order valence-corrected chi connectivity index (χ4v) is 2.26. The molecular formula is C15H16N4O2. The Morgan fingerprint density at radius 1 is 1.29 bits per heavy atom. The maximum atomic E-state index is 11.3. The molecule has 1 aromatic carbocycles. The summed E-state index contributed by atoms with van der Waals surface area (Å²) in [5.41, 5.74) is 5.45. The summed E-state index contributed by atoms with van der Waals surface area (Å²) in [4.78, 5) is 15.4. The van der Waals surface area contributed by atoms with Crippen LogP contribution in [0.25, 0.3) is 0 Å². The first kappa shape index (κ1) is 13.4. The second-order valence-electron chi connectivity index (χ2n) is 4.85. The average molecular weight is 284 g/mol. The number of pyridine rings is 1. The topological polar surface area (TPSA) is 89.3 Å². The number of hydrazine groups is 1. The van der Waals surface area contributed by atoms with E-state index in [2.05, 4.69) is 15.7 Å². The van der Waals surface area contributed by atoms with Crippen molar-refractivity contribution in [3.8, 4) is 5.75 Å². The van der Waals surface area contributed by atoms with Gasteiger partial charge >= 0.3 is 0 Å². The Hall–Kier alpha value is -2.60. The molecule has 0 fully saturated rings. The molecule has 3 rings (SSSR count). The zero-order valence-corrected chi connectivity index (χ0v) is 11.4. The van der Waals surface area contributed by atoms with Crippen molar-refractivity contribution in [2.75, 3.05) is 10.7 Å². The van der Waals surface area contributed by atoms with Crippen LogP contribution >= 0.6 is 0 Å². The Bertz CT molecular complexity index is 672. The lowest BCUT2D eigenvalue weighted by atomic mass is 10.0. The number of nitrogens with zero attached hydrogens (tertiary/aromatic N) is 1. The molecule has 6 heteroatoms. The Labute approximate surface area is 122 Å². The van der Waals surface area contributed by atoms with Gasteiger partial charge in [-0.05, 0) is 47.9 Å². The minimum absolute atomic E-state index is 0.0646. The van der Waals surface area contributed by atoms with Gasteiger partial charge in [-0.15, -0.1) is 0 Å². The molecule has 0 saturated carbocycles. The third-order valence-electron chi connectivity index (χ3n) is 3.35. The number of aryl methyl sites for hydroxylation is 1. The second-order valence-corrected chi connectivity index (χ2v) is 4.85. The summed E-state index contributed by atoms with van der Waals surface area (Å²) in [6, 6.07) is 9.41. The molecule has 0 aliphatic carbocycles. The highest BCUT2D eigenvalue weighted by molar-refractivity contribution is 5.93. The average Bonchev–Trinajstić information content (AvgIpc) is 2.53. The van der Waals surface area contributed by atoms with E-state index in [1.54, 1.807) is 6.20 Å². The van der Waals surface area contributed by atoms with Gasteiger partial charge in [0.1, 0.15) is 18.2 Å². The third-order valence-corrected chi connectivity index (χ3v) is 3.35. The molecule has 0 atom stereocenters. The van der Waals surface area contributed by atoms with Crippen molar-refractivity contribution in [3.05, 3.63) is 47.7 Å². The molecule has 0 spiro atoms. The summed E-state index contributed by atoms with van der Waals surface area (Å²) >= 11 is 0.